The topological polar surface area (TPSA) is 42.0 Å². The van der Waals surface area contributed by atoms with E-state index in [1.807, 2.05) is 25.1 Å². The normalized spacial score (nSPS) is 17.3. The fourth-order valence-electron chi connectivity index (χ4n) is 3.82. The second-order valence-corrected chi connectivity index (χ2v) is 7.48. The number of nitrogens with zero attached hydrogens (tertiary/aromatic N) is 2. The molecular formula is C22H26N2O3. The summed E-state index contributed by atoms with van der Waals surface area (Å²) in [6.45, 7) is 9.55. The van der Waals surface area contributed by atoms with Gasteiger partial charge in [-0.1, -0.05) is 29.8 Å². The number of carbonyl (C=O) groups excluding carboxylic acids is 1. The van der Waals surface area contributed by atoms with Crippen LogP contribution in [0.5, 0.6) is 11.5 Å². The maximum Gasteiger partial charge on any atom is 0.231 e. The molecule has 0 unspecified atom stereocenters. The molecule has 4 rings (SSSR count). The molecule has 0 bridgehead atoms. The number of hydrogen-bond acceptors (Lipinski definition) is 5. The molecule has 27 heavy (non-hydrogen) atoms. The summed E-state index contributed by atoms with van der Waals surface area (Å²) in [7, 11) is 0. The molecular weight excluding hydrogens is 340 g/mol. The van der Waals surface area contributed by atoms with Gasteiger partial charge in [-0.05, 0) is 37.1 Å². The van der Waals surface area contributed by atoms with E-state index in [0.717, 1.165) is 55.3 Å². The molecule has 5 nitrogen and oxygen atoms in total. The molecule has 5 heteroatoms. The van der Waals surface area contributed by atoms with E-state index in [-0.39, 0.29) is 5.78 Å². The largest absolute Gasteiger partial charge is 0.454 e. The highest BCUT2D eigenvalue weighted by Gasteiger charge is 2.21. The first-order chi connectivity index (χ1) is 13.1. The van der Waals surface area contributed by atoms with E-state index < -0.39 is 0 Å². The molecule has 1 saturated heterocycles. The highest BCUT2D eigenvalue weighted by atomic mass is 16.7. The summed E-state index contributed by atoms with van der Waals surface area (Å²) in [6, 6.07) is 12.2. The Hall–Kier alpha value is -2.37. The van der Waals surface area contributed by atoms with Crippen molar-refractivity contribution in [1.82, 2.24) is 9.80 Å². The number of ether oxygens (including phenoxy) is 2. The Kier molecular flexibility index (Phi) is 5.14. The first kappa shape index (κ1) is 18.0. The molecule has 2 heterocycles. The Morgan fingerprint density at radius 3 is 2.44 bits per heavy atom. The average Bonchev–Trinajstić information content (AvgIpc) is 3.11. The number of carbonyl (C=O) groups is 1. The van der Waals surface area contributed by atoms with Gasteiger partial charge in [0.15, 0.2) is 17.3 Å². The van der Waals surface area contributed by atoms with Crippen LogP contribution >= 0.6 is 0 Å². The third kappa shape index (κ3) is 4.15. The fourth-order valence-corrected chi connectivity index (χ4v) is 3.82. The summed E-state index contributed by atoms with van der Waals surface area (Å²) < 4.78 is 10.8. The molecule has 0 aliphatic carbocycles. The van der Waals surface area contributed by atoms with Crippen LogP contribution in [0.4, 0.5) is 0 Å². The third-order valence-corrected chi connectivity index (χ3v) is 5.36. The molecule has 0 aromatic heterocycles. The van der Waals surface area contributed by atoms with Crippen molar-refractivity contribution in [3.8, 4) is 11.5 Å². The van der Waals surface area contributed by atoms with Crippen molar-refractivity contribution < 1.29 is 14.3 Å². The number of rotatable bonds is 5. The average molecular weight is 366 g/mol. The number of aryl methyl sites for hydroxylation is 2. The van der Waals surface area contributed by atoms with Crippen LogP contribution in [0, 0.1) is 13.8 Å². The molecule has 0 radical (unpaired) electrons. The fraction of sp³-hybridized carbons (Fsp3) is 0.409. The maximum absolute atomic E-state index is 12.6. The van der Waals surface area contributed by atoms with Crippen molar-refractivity contribution in [2.45, 2.75) is 20.4 Å². The first-order valence-corrected chi connectivity index (χ1v) is 9.52. The second kappa shape index (κ2) is 7.71. The zero-order valence-corrected chi connectivity index (χ0v) is 16.0. The van der Waals surface area contributed by atoms with Gasteiger partial charge in [0.1, 0.15) is 0 Å². The van der Waals surface area contributed by atoms with Crippen LogP contribution in [0.3, 0.4) is 0 Å². The summed E-state index contributed by atoms with van der Waals surface area (Å²) in [5.74, 6) is 1.88. The number of fused-ring (bicyclic) bond motifs is 1. The predicted octanol–water partition coefficient (Wildman–Crippen LogP) is 3.03. The van der Waals surface area contributed by atoms with Crippen molar-refractivity contribution in [2.24, 2.45) is 0 Å². The Balaban J connectivity index is 1.29. The van der Waals surface area contributed by atoms with Crippen LogP contribution in [0.2, 0.25) is 0 Å². The smallest absolute Gasteiger partial charge is 0.231 e. The molecule has 1 fully saturated rings. The Morgan fingerprint density at radius 2 is 1.67 bits per heavy atom. The minimum absolute atomic E-state index is 0.219. The van der Waals surface area contributed by atoms with Crippen LogP contribution in [0.1, 0.15) is 27.0 Å². The Labute approximate surface area is 160 Å². The molecule has 0 saturated carbocycles. The number of piperazine rings is 1. The van der Waals surface area contributed by atoms with E-state index in [9.17, 15) is 4.79 Å². The van der Waals surface area contributed by atoms with Crippen LogP contribution in [0.25, 0.3) is 0 Å². The van der Waals surface area contributed by atoms with Gasteiger partial charge >= 0.3 is 0 Å². The van der Waals surface area contributed by atoms with E-state index in [1.165, 1.54) is 11.1 Å². The molecule has 2 aliphatic rings. The summed E-state index contributed by atoms with van der Waals surface area (Å²) in [5.41, 5.74) is 4.35. The lowest BCUT2D eigenvalue weighted by Crippen LogP contribution is -2.47. The van der Waals surface area contributed by atoms with Gasteiger partial charge in [-0.25, -0.2) is 0 Å². The number of ketones is 1. The quantitative estimate of drug-likeness (QED) is 0.761. The van der Waals surface area contributed by atoms with Crippen LogP contribution in [-0.4, -0.2) is 55.1 Å². The van der Waals surface area contributed by atoms with E-state index in [0.29, 0.717) is 13.3 Å². The number of hydrogen-bond donors (Lipinski definition) is 0. The van der Waals surface area contributed by atoms with Crippen molar-refractivity contribution in [3.63, 3.8) is 0 Å². The highest BCUT2D eigenvalue weighted by molar-refractivity contribution is 5.99. The van der Waals surface area contributed by atoms with Crippen LogP contribution in [-0.2, 0) is 6.54 Å². The Bertz CT molecular complexity index is 841. The van der Waals surface area contributed by atoms with Crippen molar-refractivity contribution in [2.75, 3.05) is 39.5 Å². The molecule has 0 N–H and O–H groups in total. The summed E-state index contributed by atoms with van der Waals surface area (Å²) in [5, 5.41) is 0. The maximum atomic E-state index is 12.6. The molecule has 142 valence electrons. The molecule has 2 aromatic rings. The van der Waals surface area contributed by atoms with Crippen LogP contribution in [0.15, 0.2) is 36.4 Å². The minimum atomic E-state index is 0.219. The zero-order chi connectivity index (χ0) is 18.8. The van der Waals surface area contributed by atoms with Crippen molar-refractivity contribution >= 4 is 5.78 Å². The molecule has 0 atom stereocenters. The van der Waals surface area contributed by atoms with Gasteiger partial charge in [-0.2, -0.15) is 0 Å². The summed E-state index contributed by atoms with van der Waals surface area (Å²) >= 11 is 0. The van der Waals surface area contributed by atoms with Gasteiger partial charge in [-0.15, -0.1) is 0 Å². The van der Waals surface area contributed by atoms with Gasteiger partial charge < -0.3 is 9.47 Å². The molecule has 2 aliphatic heterocycles. The third-order valence-electron chi connectivity index (χ3n) is 5.36. The van der Waals surface area contributed by atoms with E-state index in [2.05, 4.69) is 34.9 Å². The standard InChI is InChI=1S/C22H26N2O3/c1-16-3-5-19(17(2)11-16)20(25)14-24-9-7-23(8-10-24)13-18-4-6-21-22(12-18)27-15-26-21/h3-6,11-12H,7-10,13-15H2,1-2H3. The zero-order valence-electron chi connectivity index (χ0n) is 16.0. The predicted molar refractivity (Wildman–Crippen MR) is 105 cm³/mol. The van der Waals surface area contributed by atoms with Crippen molar-refractivity contribution in [3.05, 3.63) is 58.7 Å². The number of Topliss-reactive ketones (excluding diaryl/α,β-unsaturated/α-hetero) is 1. The van der Waals surface area contributed by atoms with Crippen LogP contribution < -0.4 is 9.47 Å². The minimum Gasteiger partial charge on any atom is -0.454 e. The van der Waals surface area contributed by atoms with Gasteiger partial charge in [0.2, 0.25) is 6.79 Å². The lowest BCUT2D eigenvalue weighted by atomic mass is 10.0. The van der Waals surface area contributed by atoms with Gasteiger partial charge in [0.05, 0.1) is 6.54 Å². The summed E-state index contributed by atoms with van der Waals surface area (Å²) in [6.07, 6.45) is 0. The SMILES string of the molecule is Cc1ccc(C(=O)CN2CCN(Cc3ccc4c(c3)OCO4)CC2)c(C)c1. The molecule has 0 spiro atoms. The van der Waals surface area contributed by atoms with Crippen molar-refractivity contribution in [1.29, 1.82) is 0 Å². The highest BCUT2D eigenvalue weighted by Crippen LogP contribution is 2.32. The second-order valence-electron chi connectivity index (χ2n) is 7.48. The lowest BCUT2D eigenvalue weighted by Gasteiger charge is -2.34. The lowest BCUT2D eigenvalue weighted by molar-refractivity contribution is 0.0843. The first-order valence-electron chi connectivity index (χ1n) is 9.52. The van der Waals surface area contributed by atoms with E-state index in [4.69, 9.17) is 9.47 Å². The van der Waals surface area contributed by atoms with Gasteiger partial charge in [0.25, 0.3) is 0 Å². The molecule has 2 aromatic carbocycles. The molecule has 0 amide bonds. The van der Waals surface area contributed by atoms with Gasteiger partial charge in [0, 0.05) is 38.3 Å². The summed E-state index contributed by atoms with van der Waals surface area (Å²) in [4.78, 5) is 17.3. The van der Waals surface area contributed by atoms with E-state index in [1.54, 1.807) is 0 Å². The monoisotopic (exact) mass is 366 g/mol. The van der Waals surface area contributed by atoms with E-state index >= 15 is 0 Å². The van der Waals surface area contributed by atoms with Gasteiger partial charge in [-0.3, -0.25) is 14.6 Å². The number of benzene rings is 2. The Morgan fingerprint density at radius 1 is 0.926 bits per heavy atom.